The van der Waals surface area contributed by atoms with E-state index in [2.05, 4.69) is 9.88 Å². The van der Waals surface area contributed by atoms with Crippen molar-refractivity contribution in [3.63, 3.8) is 0 Å². The summed E-state index contributed by atoms with van der Waals surface area (Å²) in [5.41, 5.74) is 1.57. The normalized spacial score (nSPS) is 15.4. The molecular formula is C16H24N2O2. The number of carbonyl (C=O) groups excluding carboxylic acids is 1. The number of ether oxygens (including phenoxy) is 1. The zero-order valence-electron chi connectivity index (χ0n) is 12.3. The minimum atomic E-state index is -0.289. The zero-order valence-corrected chi connectivity index (χ0v) is 12.3. The van der Waals surface area contributed by atoms with Gasteiger partial charge in [-0.05, 0) is 63.9 Å². The van der Waals surface area contributed by atoms with Crippen molar-refractivity contribution in [3.8, 4) is 0 Å². The fourth-order valence-electron chi connectivity index (χ4n) is 2.68. The second kappa shape index (κ2) is 8.00. The highest BCUT2D eigenvalue weighted by Gasteiger charge is 2.10. The molecule has 0 atom stereocenters. The lowest BCUT2D eigenvalue weighted by molar-refractivity contribution is 0.0600. The molecule has 0 aliphatic carbocycles. The van der Waals surface area contributed by atoms with Gasteiger partial charge in [-0.2, -0.15) is 0 Å². The summed E-state index contributed by atoms with van der Waals surface area (Å²) < 4.78 is 4.72. The Bertz CT molecular complexity index is 428. The number of methoxy groups -OCH3 is 1. The Labute approximate surface area is 121 Å². The van der Waals surface area contributed by atoms with Crippen LogP contribution in [0.5, 0.6) is 0 Å². The molecule has 0 unspecified atom stereocenters. The molecule has 0 bridgehead atoms. The van der Waals surface area contributed by atoms with Crippen molar-refractivity contribution < 1.29 is 9.53 Å². The molecule has 0 saturated carbocycles. The number of aromatic nitrogens is 1. The van der Waals surface area contributed by atoms with Gasteiger partial charge in [0, 0.05) is 11.9 Å². The number of likely N-dealkylation sites (tertiary alicyclic amines) is 1. The number of esters is 1. The molecule has 2 heterocycles. The Kier molecular flexibility index (Phi) is 5.99. The van der Waals surface area contributed by atoms with Crippen LogP contribution in [0.15, 0.2) is 18.3 Å². The van der Waals surface area contributed by atoms with E-state index in [-0.39, 0.29) is 5.97 Å². The highest BCUT2D eigenvalue weighted by Crippen LogP contribution is 2.11. The summed E-state index contributed by atoms with van der Waals surface area (Å²) in [6, 6.07) is 3.54. The van der Waals surface area contributed by atoms with Gasteiger partial charge in [0.2, 0.25) is 0 Å². The van der Waals surface area contributed by atoms with Crippen LogP contribution in [-0.2, 0) is 11.2 Å². The third-order valence-corrected chi connectivity index (χ3v) is 3.84. The van der Waals surface area contributed by atoms with Crippen LogP contribution in [0.25, 0.3) is 0 Å². The number of pyridine rings is 1. The van der Waals surface area contributed by atoms with Crippen LogP contribution >= 0.6 is 0 Å². The van der Waals surface area contributed by atoms with Crippen molar-refractivity contribution in [3.05, 3.63) is 29.6 Å². The van der Waals surface area contributed by atoms with Crippen molar-refractivity contribution in [2.45, 2.75) is 38.5 Å². The van der Waals surface area contributed by atoms with E-state index < -0.39 is 0 Å². The van der Waals surface area contributed by atoms with Gasteiger partial charge in [0.15, 0.2) is 0 Å². The zero-order chi connectivity index (χ0) is 14.2. The first-order valence-electron chi connectivity index (χ1n) is 7.55. The third kappa shape index (κ3) is 4.60. The topological polar surface area (TPSA) is 42.4 Å². The molecule has 0 radical (unpaired) electrons. The lowest BCUT2D eigenvalue weighted by atomic mass is 10.1. The quantitative estimate of drug-likeness (QED) is 0.567. The minimum Gasteiger partial charge on any atom is -0.465 e. The first-order chi connectivity index (χ1) is 9.79. The van der Waals surface area contributed by atoms with Crippen LogP contribution < -0.4 is 0 Å². The molecule has 110 valence electrons. The monoisotopic (exact) mass is 276 g/mol. The second-order valence-electron chi connectivity index (χ2n) is 5.39. The maximum atomic E-state index is 11.4. The Balaban J connectivity index is 1.67. The summed E-state index contributed by atoms with van der Waals surface area (Å²) in [7, 11) is 1.40. The summed E-state index contributed by atoms with van der Waals surface area (Å²) in [4.78, 5) is 18.3. The molecule has 0 N–H and O–H groups in total. The first-order valence-corrected chi connectivity index (χ1v) is 7.55. The van der Waals surface area contributed by atoms with Crippen molar-refractivity contribution in [1.29, 1.82) is 0 Å². The SMILES string of the molecule is COC(=O)c1ccnc(CCCCCN2CCCC2)c1. The average Bonchev–Trinajstić information content (AvgIpc) is 2.99. The maximum Gasteiger partial charge on any atom is 0.337 e. The van der Waals surface area contributed by atoms with Crippen LogP contribution in [0.4, 0.5) is 0 Å². The van der Waals surface area contributed by atoms with Crippen molar-refractivity contribution >= 4 is 5.97 Å². The van der Waals surface area contributed by atoms with Crippen LogP contribution in [0, 0.1) is 0 Å². The Hall–Kier alpha value is -1.42. The van der Waals surface area contributed by atoms with Crippen molar-refractivity contribution in [1.82, 2.24) is 9.88 Å². The van der Waals surface area contributed by atoms with Crippen LogP contribution in [0.2, 0.25) is 0 Å². The Morgan fingerprint density at radius 3 is 2.85 bits per heavy atom. The molecule has 0 amide bonds. The van der Waals surface area contributed by atoms with E-state index in [1.54, 1.807) is 12.3 Å². The molecular weight excluding hydrogens is 252 g/mol. The fourth-order valence-corrected chi connectivity index (χ4v) is 2.68. The molecule has 4 nitrogen and oxygen atoms in total. The van der Waals surface area contributed by atoms with Gasteiger partial charge < -0.3 is 9.64 Å². The summed E-state index contributed by atoms with van der Waals surface area (Å²) >= 11 is 0. The second-order valence-corrected chi connectivity index (χ2v) is 5.39. The molecule has 0 spiro atoms. The molecule has 0 aromatic carbocycles. The maximum absolute atomic E-state index is 11.4. The van der Waals surface area contributed by atoms with Gasteiger partial charge in [0.05, 0.1) is 12.7 Å². The largest absolute Gasteiger partial charge is 0.465 e. The van der Waals surface area contributed by atoms with Gasteiger partial charge >= 0.3 is 5.97 Å². The highest BCUT2D eigenvalue weighted by atomic mass is 16.5. The van der Waals surface area contributed by atoms with E-state index in [1.165, 1.54) is 52.4 Å². The molecule has 1 aliphatic heterocycles. The van der Waals surface area contributed by atoms with Crippen LogP contribution in [-0.4, -0.2) is 42.6 Å². The van der Waals surface area contributed by atoms with E-state index in [0.717, 1.165) is 18.5 Å². The molecule has 1 aliphatic rings. The van der Waals surface area contributed by atoms with Gasteiger partial charge in [0.1, 0.15) is 0 Å². The smallest absolute Gasteiger partial charge is 0.337 e. The molecule has 1 saturated heterocycles. The molecule has 1 fully saturated rings. The lowest BCUT2D eigenvalue weighted by Crippen LogP contribution is -2.20. The van der Waals surface area contributed by atoms with Crippen molar-refractivity contribution in [2.24, 2.45) is 0 Å². The summed E-state index contributed by atoms with van der Waals surface area (Å²) in [5.74, 6) is -0.289. The van der Waals surface area contributed by atoms with Gasteiger partial charge in [0.25, 0.3) is 0 Å². The minimum absolute atomic E-state index is 0.289. The van der Waals surface area contributed by atoms with E-state index in [9.17, 15) is 4.79 Å². The molecule has 2 rings (SSSR count). The van der Waals surface area contributed by atoms with Gasteiger partial charge in [-0.3, -0.25) is 4.98 Å². The third-order valence-electron chi connectivity index (χ3n) is 3.84. The van der Waals surface area contributed by atoms with E-state index in [0.29, 0.717) is 5.56 Å². The molecule has 20 heavy (non-hydrogen) atoms. The highest BCUT2D eigenvalue weighted by molar-refractivity contribution is 5.89. The summed E-state index contributed by atoms with van der Waals surface area (Å²) in [5, 5.41) is 0. The summed E-state index contributed by atoms with van der Waals surface area (Å²) in [6.07, 6.45) is 8.97. The molecule has 1 aromatic rings. The molecule has 1 aromatic heterocycles. The number of unbranched alkanes of at least 4 members (excludes halogenated alkanes) is 2. The summed E-state index contributed by atoms with van der Waals surface area (Å²) in [6.45, 7) is 3.79. The first kappa shape index (κ1) is 15.0. The number of hydrogen-bond acceptors (Lipinski definition) is 4. The number of carbonyl (C=O) groups is 1. The van der Waals surface area contributed by atoms with E-state index in [4.69, 9.17) is 4.74 Å². The van der Waals surface area contributed by atoms with Gasteiger partial charge in [-0.25, -0.2) is 4.79 Å². The number of hydrogen-bond donors (Lipinski definition) is 0. The van der Waals surface area contributed by atoms with Crippen molar-refractivity contribution in [2.75, 3.05) is 26.7 Å². The average molecular weight is 276 g/mol. The predicted molar refractivity (Wildman–Crippen MR) is 78.8 cm³/mol. The number of rotatable bonds is 7. The Morgan fingerprint density at radius 1 is 1.30 bits per heavy atom. The van der Waals surface area contributed by atoms with Gasteiger partial charge in [-0.1, -0.05) is 6.42 Å². The lowest BCUT2D eigenvalue weighted by Gasteiger charge is -2.13. The number of aryl methyl sites for hydroxylation is 1. The Morgan fingerprint density at radius 2 is 2.10 bits per heavy atom. The molecule has 4 heteroatoms. The standard InChI is InChI=1S/C16H24N2O2/c1-20-16(19)14-8-9-17-15(13-14)7-3-2-4-10-18-11-5-6-12-18/h8-9,13H,2-7,10-12H2,1H3. The van der Waals surface area contributed by atoms with Crippen LogP contribution in [0.1, 0.15) is 48.2 Å². The van der Waals surface area contributed by atoms with E-state index in [1.807, 2.05) is 6.07 Å². The van der Waals surface area contributed by atoms with E-state index >= 15 is 0 Å². The van der Waals surface area contributed by atoms with Gasteiger partial charge in [-0.15, -0.1) is 0 Å². The van der Waals surface area contributed by atoms with Crippen LogP contribution in [0.3, 0.4) is 0 Å². The number of nitrogens with zero attached hydrogens (tertiary/aromatic N) is 2. The fraction of sp³-hybridized carbons (Fsp3) is 0.625. The predicted octanol–water partition coefficient (Wildman–Crippen LogP) is 2.68.